The second kappa shape index (κ2) is 13.4. The zero-order valence-electron chi connectivity index (χ0n) is 34.6. The molecule has 298 valence electrons. The van der Waals surface area contributed by atoms with Crippen molar-refractivity contribution in [2.24, 2.45) is 0 Å². The molecule has 0 N–H and O–H groups in total. The van der Waals surface area contributed by atoms with Crippen molar-refractivity contribution in [1.82, 2.24) is 13.7 Å². The van der Waals surface area contributed by atoms with E-state index in [0.717, 1.165) is 77.5 Å². The van der Waals surface area contributed by atoms with Gasteiger partial charge in [-0.15, -0.1) is 0 Å². The van der Waals surface area contributed by atoms with Gasteiger partial charge in [-0.1, -0.05) is 140 Å². The summed E-state index contributed by atoms with van der Waals surface area (Å²) >= 11 is 0. The fraction of sp³-hybridized carbons (Fsp3) is 0. The van der Waals surface area contributed by atoms with Crippen LogP contribution in [0.25, 0.3) is 127 Å². The van der Waals surface area contributed by atoms with Gasteiger partial charge in [0.05, 0.1) is 38.8 Å². The summed E-state index contributed by atoms with van der Waals surface area (Å²) in [5, 5.41) is 9.49. The van der Waals surface area contributed by atoms with E-state index in [4.69, 9.17) is 4.42 Å². The zero-order valence-corrected chi connectivity index (χ0v) is 34.6. The van der Waals surface area contributed by atoms with Crippen molar-refractivity contribution in [3.8, 4) is 39.3 Å². The third kappa shape index (κ3) is 5.05. The van der Waals surface area contributed by atoms with Crippen LogP contribution in [0, 0.1) is 0 Å². The van der Waals surface area contributed by atoms with Gasteiger partial charge in [-0.25, -0.2) is 0 Å². The molecule has 4 aromatic heterocycles. The number of fused-ring (bicyclic) bond motifs is 12. The van der Waals surface area contributed by atoms with Crippen molar-refractivity contribution in [2.45, 2.75) is 0 Å². The lowest BCUT2D eigenvalue weighted by molar-refractivity contribution is 0.666. The summed E-state index contributed by atoms with van der Waals surface area (Å²) in [5.41, 5.74) is 16.6. The van der Waals surface area contributed by atoms with Crippen molar-refractivity contribution in [3.05, 3.63) is 224 Å². The molecule has 0 aliphatic heterocycles. The summed E-state index contributed by atoms with van der Waals surface area (Å²) in [7, 11) is 0. The summed E-state index contributed by atoms with van der Waals surface area (Å²) in [6.07, 6.45) is 0. The number of furan rings is 1. The lowest BCUT2D eigenvalue weighted by Gasteiger charge is -2.13. The van der Waals surface area contributed by atoms with Crippen LogP contribution >= 0.6 is 0 Å². The number of hydrogen-bond acceptors (Lipinski definition) is 1. The molecule has 4 heteroatoms. The number of benzene rings is 10. The quantitative estimate of drug-likeness (QED) is 0.170. The minimum Gasteiger partial charge on any atom is -0.454 e. The number of nitrogens with zero attached hydrogens (tertiary/aromatic N) is 3. The predicted octanol–water partition coefficient (Wildman–Crippen LogP) is 16.2. The first-order valence-corrected chi connectivity index (χ1v) is 21.9. The number of rotatable bonds is 5. The van der Waals surface area contributed by atoms with Crippen molar-refractivity contribution in [2.75, 3.05) is 0 Å². The molecule has 0 bridgehead atoms. The topological polar surface area (TPSA) is 27.9 Å². The van der Waals surface area contributed by atoms with E-state index in [1.165, 1.54) is 49.2 Å². The first-order valence-electron chi connectivity index (χ1n) is 21.9. The molecule has 14 aromatic rings. The van der Waals surface area contributed by atoms with Gasteiger partial charge < -0.3 is 18.1 Å². The van der Waals surface area contributed by atoms with Crippen LogP contribution in [0.5, 0.6) is 0 Å². The Hall–Kier alpha value is -8.60. The van der Waals surface area contributed by atoms with Crippen molar-refractivity contribution in [1.29, 1.82) is 0 Å². The molecule has 0 aliphatic rings. The molecule has 0 amide bonds. The Morgan fingerprint density at radius 3 is 1.17 bits per heavy atom. The Labute approximate surface area is 367 Å². The lowest BCUT2D eigenvalue weighted by Crippen LogP contribution is -1.97. The molecular formula is C60H37N3O. The van der Waals surface area contributed by atoms with E-state index in [1.807, 2.05) is 0 Å². The van der Waals surface area contributed by atoms with Crippen LogP contribution in [0.15, 0.2) is 229 Å². The zero-order chi connectivity index (χ0) is 41.9. The molecule has 0 unspecified atom stereocenters. The molecule has 0 spiro atoms. The van der Waals surface area contributed by atoms with Crippen LogP contribution < -0.4 is 0 Å². The SMILES string of the molecule is c1ccc(-c2ccc3oc4c(-n5c6ccc(-n7c8ccccc8c8ccccc87)cc6c6cc(-n7c8ccccc8c8ccccc87)ccc65)cc(-c5ccccc5)cc4c3c2)cc1. The second-order valence-corrected chi connectivity index (χ2v) is 16.9. The molecule has 0 saturated carbocycles. The summed E-state index contributed by atoms with van der Waals surface area (Å²) in [5.74, 6) is 0. The number of para-hydroxylation sites is 4. The molecule has 0 radical (unpaired) electrons. The summed E-state index contributed by atoms with van der Waals surface area (Å²) in [6.45, 7) is 0. The first-order chi connectivity index (χ1) is 31.7. The van der Waals surface area contributed by atoms with Gasteiger partial charge in [0.25, 0.3) is 0 Å². The van der Waals surface area contributed by atoms with Gasteiger partial charge in [-0.05, 0) is 107 Å². The van der Waals surface area contributed by atoms with E-state index in [2.05, 4.69) is 238 Å². The normalized spacial score (nSPS) is 12.1. The van der Waals surface area contributed by atoms with Crippen LogP contribution in [0.2, 0.25) is 0 Å². The van der Waals surface area contributed by atoms with Gasteiger partial charge in [-0.3, -0.25) is 0 Å². The highest BCUT2D eigenvalue weighted by Crippen LogP contribution is 2.44. The fourth-order valence-corrected chi connectivity index (χ4v) is 10.6. The highest BCUT2D eigenvalue weighted by atomic mass is 16.3. The van der Waals surface area contributed by atoms with Crippen LogP contribution in [-0.2, 0) is 0 Å². The van der Waals surface area contributed by atoms with Gasteiger partial charge in [0.1, 0.15) is 5.58 Å². The van der Waals surface area contributed by atoms with E-state index in [-0.39, 0.29) is 0 Å². The summed E-state index contributed by atoms with van der Waals surface area (Å²) < 4.78 is 14.3. The van der Waals surface area contributed by atoms with Gasteiger partial charge >= 0.3 is 0 Å². The molecule has 4 nitrogen and oxygen atoms in total. The highest BCUT2D eigenvalue weighted by Gasteiger charge is 2.23. The Morgan fingerprint density at radius 1 is 0.250 bits per heavy atom. The van der Waals surface area contributed by atoms with E-state index in [0.29, 0.717) is 0 Å². The molecule has 4 heterocycles. The summed E-state index contributed by atoms with van der Waals surface area (Å²) in [4.78, 5) is 0. The maximum Gasteiger partial charge on any atom is 0.159 e. The molecule has 10 aromatic carbocycles. The van der Waals surface area contributed by atoms with E-state index in [9.17, 15) is 0 Å². The predicted molar refractivity (Wildman–Crippen MR) is 268 cm³/mol. The highest BCUT2D eigenvalue weighted by molar-refractivity contribution is 6.16. The van der Waals surface area contributed by atoms with E-state index < -0.39 is 0 Å². The molecule has 0 saturated heterocycles. The molecule has 0 atom stereocenters. The monoisotopic (exact) mass is 815 g/mol. The van der Waals surface area contributed by atoms with Gasteiger partial charge in [0, 0.05) is 54.5 Å². The molecule has 0 aliphatic carbocycles. The minimum absolute atomic E-state index is 0.858. The van der Waals surface area contributed by atoms with Crippen LogP contribution in [0.3, 0.4) is 0 Å². The average Bonchev–Trinajstić information content (AvgIpc) is 4.10. The molecular weight excluding hydrogens is 779 g/mol. The average molecular weight is 816 g/mol. The van der Waals surface area contributed by atoms with Crippen molar-refractivity contribution in [3.63, 3.8) is 0 Å². The maximum absolute atomic E-state index is 7.02. The minimum atomic E-state index is 0.858. The lowest BCUT2D eigenvalue weighted by atomic mass is 9.99. The molecule has 64 heavy (non-hydrogen) atoms. The van der Waals surface area contributed by atoms with Crippen LogP contribution in [0.1, 0.15) is 0 Å². The third-order valence-corrected chi connectivity index (χ3v) is 13.4. The Bertz CT molecular complexity index is 3910. The first kappa shape index (κ1) is 35.0. The van der Waals surface area contributed by atoms with Crippen molar-refractivity contribution >= 4 is 87.4 Å². The van der Waals surface area contributed by atoms with Gasteiger partial charge in [-0.2, -0.15) is 0 Å². The Kier molecular flexibility index (Phi) is 7.36. The summed E-state index contributed by atoms with van der Waals surface area (Å²) in [6, 6.07) is 81.5. The Morgan fingerprint density at radius 2 is 0.672 bits per heavy atom. The third-order valence-electron chi connectivity index (χ3n) is 13.4. The van der Waals surface area contributed by atoms with Crippen molar-refractivity contribution < 1.29 is 4.42 Å². The van der Waals surface area contributed by atoms with Gasteiger partial charge in [0.2, 0.25) is 0 Å². The number of hydrogen-bond donors (Lipinski definition) is 0. The van der Waals surface area contributed by atoms with E-state index >= 15 is 0 Å². The van der Waals surface area contributed by atoms with Crippen LogP contribution in [-0.4, -0.2) is 13.7 Å². The second-order valence-electron chi connectivity index (χ2n) is 16.9. The maximum atomic E-state index is 7.02. The molecule has 14 rings (SSSR count). The largest absolute Gasteiger partial charge is 0.454 e. The van der Waals surface area contributed by atoms with Gasteiger partial charge in [0.15, 0.2) is 5.58 Å². The number of aromatic nitrogens is 3. The fourth-order valence-electron chi connectivity index (χ4n) is 10.6. The standard InChI is InChI=1S/C60H37N3O/c1-3-15-38(16-4-1)40-27-32-59-50(33-40)51-34-41(39-17-5-2-6-18-39)35-58(60(51)64-59)63-56-30-28-42(61-52-23-11-7-19-44(52)45-20-8-12-24-53(45)61)36-48(56)49-37-43(29-31-57(49)63)62-54-25-13-9-21-46(54)47-22-10-14-26-55(47)62/h1-37H. The smallest absolute Gasteiger partial charge is 0.159 e. The van der Waals surface area contributed by atoms with E-state index in [1.54, 1.807) is 0 Å². The van der Waals surface area contributed by atoms with Crippen LogP contribution in [0.4, 0.5) is 0 Å². The molecule has 0 fully saturated rings. The Balaban J connectivity index is 1.10.